The first-order valence-corrected chi connectivity index (χ1v) is 7.67. The van der Waals surface area contributed by atoms with Crippen molar-refractivity contribution >= 4 is 16.7 Å². The lowest BCUT2D eigenvalue weighted by Crippen LogP contribution is -2.21. The molecule has 0 saturated heterocycles. The van der Waals surface area contributed by atoms with Gasteiger partial charge >= 0.3 is 0 Å². The molecule has 0 aliphatic heterocycles. The number of hydrogen-bond donors (Lipinski definition) is 1. The van der Waals surface area contributed by atoms with Gasteiger partial charge in [-0.25, -0.2) is 0 Å². The molecule has 2 nitrogen and oxygen atoms in total. The molecule has 1 atom stereocenters. The molecule has 106 valence electrons. The zero-order valence-corrected chi connectivity index (χ0v) is 12.7. The maximum Gasteiger partial charge on any atom is 0.136 e. The topological polar surface area (TPSA) is 32.9 Å². The Morgan fingerprint density at radius 2 is 2.00 bits per heavy atom. The van der Waals surface area contributed by atoms with E-state index >= 15 is 0 Å². The van der Waals surface area contributed by atoms with Crippen LogP contribution in [0.15, 0.2) is 12.1 Å². The lowest BCUT2D eigenvalue weighted by Gasteiger charge is -2.20. The van der Waals surface area contributed by atoms with E-state index in [0.29, 0.717) is 5.78 Å². The average molecular weight is 269 g/mol. The predicted octanol–water partition coefficient (Wildman–Crippen LogP) is 4.39. The second-order valence-electron chi connectivity index (χ2n) is 6.35. The van der Waals surface area contributed by atoms with E-state index in [1.807, 2.05) is 0 Å². The summed E-state index contributed by atoms with van der Waals surface area (Å²) in [5, 5.41) is 1.34. The average Bonchev–Trinajstić information content (AvgIpc) is 2.68. The number of carbonyl (C=O) groups is 1. The van der Waals surface area contributed by atoms with Gasteiger partial charge in [-0.3, -0.25) is 4.79 Å². The molecule has 1 aromatic heterocycles. The summed E-state index contributed by atoms with van der Waals surface area (Å²) in [4.78, 5) is 15.6. The van der Waals surface area contributed by atoms with Gasteiger partial charge in [0.2, 0.25) is 0 Å². The lowest BCUT2D eigenvalue weighted by molar-refractivity contribution is -0.124. The molecule has 1 aromatic carbocycles. The molecular formula is C18H23NO. The van der Waals surface area contributed by atoms with E-state index in [1.54, 1.807) is 0 Å². The van der Waals surface area contributed by atoms with Crippen LogP contribution in [-0.4, -0.2) is 10.8 Å². The highest BCUT2D eigenvalue weighted by atomic mass is 16.1. The van der Waals surface area contributed by atoms with Gasteiger partial charge in [-0.15, -0.1) is 0 Å². The number of fused-ring (bicyclic) bond motifs is 1. The van der Waals surface area contributed by atoms with Gasteiger partial charge in [-0.05, 0) is 62.8 Å². The van der Waals surface area contributed by atoms with E-state index in [4.69, 9.17) is 0 Å². The number of benzene rings is 1. The van der Waals surface area contributed by atoms with E-state index in [0.717, 1.165) is 25.7 Å². The normalized spacial score (nSPS) is 19.8. The standard InChI is InChI=1S/C18H23NO/c1-11-8-12(2)18-15(13(3)19-16(18)9-11)10-14-6-4-5-7-17(14)20/h8-9,14,19H,4-7,10H2,1-3H3. The second kappa shape index (κ2) is 5.08. The molecule has 1 N–H and O–H groups in total. The number of Topliss-reactive ketones (excluding diaryl/α,β-unsaturated/α-hetero) is 1. The number of aromatic nitrogens is 1. The van der Waals surface area contributed by atoms with Crippen molar-refractivity contribution in [2.75, 3.05) is 0 Å². The summed E-state index contributed by atoms with van der Waals surface area (Å²) < 4.78 is 0. The van der Waals surface area contributed by atoms with Crippen molar-refractivity contribution in [3.63, 3.8) is 0 Å². The van der Waals surface area contributed by atoms with Gasteiger partial charge in [0.15, 0.2) is 0 Å². The molecule has 1 heterocycles. The van der Waals surface area contributed by atoms with Crippen LogP contribution in [0.25, 0.3) is 10.9 Å². The minimum absolute atomic E-state index is 0.238. The number of aromatic amines is 1. The fourth-order valence-electron chi connectivity index (χ4n) is 3.70. The van der Waals surface area contributed by atoms with Crippen LogP contribution in [0.3, 0.4) is 0 Å². The summed E-state index contributed by atoms with van der Waals surface area (Å²) in [7, 11) is 0. The Labute approximate surface area is 120 Å². The Morgan fingerprint density at radius 1 is 1.20 bits per heavy atom. The molecule has 0 bridgehead atoms. The number of hydrogen-bond acceptors (Lipinski definition) is 1. The zero-order chi connectivity index (χ0) is 14.3. The van der Waals surface area contributed by atoms with Gasteiger partial charge in [0.25, 0.3) is 0 Å². The van der Waals surface area contributed by atoms with Gasteiger partial charge in [0.05, 0.1) is 0 Å². The van der Waals surface area contributed by atoms with Gasteiger partial charge in [-0.2, -0.15) is 0 Å². The third kappa shape index (κ3) is 2.28. The summed E-state index contributed by atoms with van der Waals surface area (Å²) in [5.74, 6) is 0.705. The third-order valence-corrected chi connectivity index (χ3v) is 4.69. The number of aryl methyl sites for hydroxylation is 3. The fourth-order valence-corrected chi connectivity index (χ4v) is 3.70. The van der Waals surface area contributed by atoms with Gasteiger partial charge in [0.1, 0.15) is 5.78 Å². The second-order valence-corrected chi connectivity index (χ2v) is 6.35. The Balaban J connectivity index is 2.02. The van der Waals surface area contributed by atoms with E-state index < -0.39 is 0 Å². The Hall–Kier alpha value is -1.57. The predicted molar refractivity (Wildman–Crippen MR) is 83.2 cm³/mol. The number of ketones is 1. The van der Waals surface area contributed by atoms with E-state index in [2.05, 4.69) is 37.9 Å². The van der Waals surface area contributed by atoms with Gasteiger partial charge in [-0.1, -0.05) is 12.5 Å². The molecule has 1 aliphatic rings. The molecule has 1 aliphatic carbocycles. The van der Waals surface area contributed by atoms with Gasteiger partial charge < -0.3 is 4.98 Å². The smallest absolute Gasteiger partial charge is 0.136 e. The van der Waals surface area contributed by atoms with Crippen molar-refractivity contribution in [3.8, 4) is 0 Å². The summed E-state index contributed by atoms with van der Waals surface area (Å²) in [5.41, 5.74) is 6.42. The number of rotatable bonds is 2. The SMILES string of the molecule is Cc1cc(C)c2c(CC3CCCCC3=O)c(C)[nH]c2c1. The van der Waals surface area contributed by atoms with Gasteiger partial charge in [0, 0.05) is 28.9 Å². The van der Waals surface area contributed by atoms with Crippen molar-refractivity contribution < 1.29 is 4.79 Å². The Morgan fingerprint density at radius 3 is 2.75 bits per heavy atom. The van der Waals surface area contributed by atoms with Crippen molar-refractivity contribution in [1.29, 1.82) is 0 Å². The molecule has 2 heteroatoms. The molecule has 1 saturated carbocycles. The van der Waals surface area contributed by atoms with Crippen LogP contribution in [0.5, 0.6) is 0 Å². The molecule has 20 heavy (non-hydrogen) atoms. The molecule has 0 amide bonds. The van der Waals surface area contributed by atoms with Crippen LogP contribution in [0.2, 0.25) is 0 Å². The Kier molecular flexibility index (Phi) is 3.41. The largest absolute Gasteiger partial charge is 0.358 e. The molecule has 2 aromatic rings. The Bertz CT molecular complexity index is 666. The first-order valence-electron chi connectivity index (χ1n) is 7.67. The van der Waals surface area contributed by atoms with Crippen molar-refractivity contribution in [3.05, 3.63) is 34.5 Å². The highest BCUT2D eigenvalue weighted by molar-refractivity contribution is 5.89. The molecule has 0 spiro atoms. The molecule has 1 fully saturated rings. The number of nitrogens with one attached hydrogen (secondary N) is 1. The van der Waals surface area contributed by atoms with Crippen LogP contribution in [-0.2, 0) is 11.2 Å². The molecular weight excluding hydrogens is 246 g/mol. The fraction of sp³-hybridized carbons (Fsp3) is 0.500. The maximum atomic E-state index is 12.1. The highest BCUT2D eigenvalue weighted by Crippen LogP contribution is 2.32. The number of carbonyl (C=O) groups excluding carboxylic acids is 1. The van der Waals surface area contributed by atoms with E-state index in [1.165, 1.54) is 39.7 Å². The maximum absolute atomic E-state index is 12.1. The van der Waals surface area contributed by atoms with Crippen LogP contribution in [0.4, 0.5) is 0 Å². The quantitative estimate of drug-likeness (QED) is 0.861. The first kappa shape index (κ1) is 13.4. The van der Waals surface area contributed by atoms with Crippen LogP contribution in [0.1, 0.15) is 48.1 Å². The van der Waals surface area contributed by atoms with Crippen molar-refractivity contribution in [2.45, 2.75) is 52.9 Å². The first-order chi connectivity index (χ1) is 9.56. The lowest BCUT2D eigenvalue weighted by atomic mass is 9.83. The van der Waals surface area contributed by atoms with Crippen molar-refractivity contribution in [2.24, 2.45) is 5.92 Å². The zero-order valence-electron chi connectivity index (χ0n) is 12.7. The summed E-state index contributed by atoms with van der Waals surface area (Å²) in [6, 6.07) is 4.45. The monoisotopic (exact) mass is 269 g/mol. The van der Waals surface area contributed by atoms with E-state index in [-0.39, 0.29) is 5.92 Å². The van der Waals surface area contributed by atoms with Crippen LogP contribution in [0, 0.1) is 26.7 Å². The van der Waals surface area contributed by atoms with Crippen molar-refractivity contribution in [1.82, 2.24) is 4.98 Å². The minimum Gasteiger partial charge on any atom is -0.358 e. The van der Waals surface area contributed by atoms with Crippen LogP contribution < -0.4 is 0 Å². The molecule has 3 rings (SSSR count). The molecule has 0 radical (unpaired) electrons. The van der Waals surface area contributed by atoms with E-state index in [9.17, 15) is 4.79 Å². The highest BCUT2D eigenvalue weighted by Gasteiger charge is 2.24. The molecule has 1 unspecified atom stereocenters. The number of H-pyrrole nitrogens is 1. The summed E-state index contributed by atoms with van der Waals surface area (Å²) in [6.07, 6.45) is 5.05. The summed E-state index contributed by atoms with van der Waals surface area (Å²) >= 11 is 0. The van der Waals surface area contributed by atoms with Crippen LogP contribution >= 0.6 is 0 Å². The minimum atomic E-state index is 0.238. The summed E-state index contributed by atoms with van der Waals surface area (Å²) in [6.45, 7) is 6.44. The third-order valence-electron chi connectivity index (χ3n) is 4.69.